The molecule has 0 saturated heterocycles. The molecule has 7 aromatic rings. The summed E-state index contributed by atoms with van der Waals surface area (Å²) in [6.45, 7) is 0. The van der Waals surface area contributed by atoms with E-state index in [0.29, 0.717) is 0 Å². The van der Waals surface area contributed by atoms with E-state index in [0.717, 1.165) is 0 Å². The van der Waals surface area contributed by atoms with Gasteiger partial charge in [-0.2, -0.15) is 0 Å². The quantitative estimate of drug-likeness (QED) is 0.284. The van der Waals surface area contributed by atoms with Crippen LogP contribution in [0.1, 0.15) is 0 Å². The Hall–Kier alpha value is -3.88. The van der Waals surface area contributed by atoms with Crippen molar-refractivity contribution in [1.82, 2.24) is 4.98 Å². The third-order valence-corrected chi connectivity index (χ3v) is 7.58. The minimum absolute atomic E-state index is 1.18. The number of hydrogen-bond donors (Lipinski definition) is 1. The van der Waals surface area contributed by atoms with Crippen LogP contribution in [0.25, 0.3) is 64.2 Å². The fourth-order valence-electron chi connectivity index (χ4n) is 4.96. The number of para-hydroxylation sites is 1. The zero-order valence-corrected chi connectivity index (χ0v) is 18.1. The van der Waals surface area contributed by atoms with Crippen molar-refractivity contribution in [2.75, 3.05) is 0 Å². The molecule has 0 fully saturated rings. The van der Waals surface area contributed by atoms with Crippen LogP contribution in [0.2, 0.25) is 0 Å². The maximum Gasteiger partial charge on any atom is 0.0550 e. The number of H-pyrrole nitrogens is 1. The number of aromatic nitrogens is 1. The molecule has 2 aromatic heterocycles. The largest absolute Gasteiger partial charge is 0.354 e. The van der Waals surface area contributed by atoms with Crippen molar-refractivity contribution in [3.05, 3.63) is 109 Å². The van der Waals surface area contributed by atoms with Gasteiger partial charge in [0.2, 0.25) is 0 Å². The average molecular weight is 426 g/mol. The van der Waals surface area contributed by atoms with E-state index in [1.54, 1.807) is 0 Å². The van der Waals surface area contributed by atoms with Gasteiger partial charge in [-0.1, -0.05) is 84.9 Å². The molecule has 32 heavy (non-hydrogen) atoms. The summed E-state index contributed by atoms with van der Waals surface area (Å²) >= 11 is 1.87. The summed E-state index contributed by atoms with van der Waals surface area (Å²) in [5.41, 5.74) is 7.38. The number of rotatable bonds is 2. The zero-order valence-electron chi connectivity index (χ0n) is 17.3. The first kappa shape index (κ1) is 17.8. The molecule has 7 rings (SSSR count). The standard InChI is InChI=1S/C30H19NS/c1-2-8-19(9-3-1)29-21(15-16-24-22-10-4-6-12-26(22)31-30(24)29)20-14-17-28-25(18-20)23-11-5-7-13-27(23)32-28/h1-18,31H. The Morgan fingerprint density at radius 3 is 2.16 bits per heavy atom. The van der Waals surface area contributed by atoms with Crippen molar-refractivity contribution in [2.24, 2.45) is 0 Å². The molecule has 0 atom stereocenters. The molecular weight excluding hydrogens is 406 g/mol. The highest BCUT2D eigenvalue weighted by Crippen LogP contribution is 2.42. The summed E-state index contributed by atoms with van der Waals surface area (Å²) in [4.78, 5) is 3.72. The minimum Gasteiger partial charge on any atom is -0.354 e. The molecule has 0 spiro atoms. The maximum absolute atomic E-state index is 3.72. The van der Waals surface area contributed by atoms with E-state index >= 15 is 0 Å². The summed E-state index contributed by atoms with van der Waals surface area (Å²) in [6, 6.07) is 39.5. The molecule has 0 aliphatic carbocycles. The lowest BCUT2D eigenvalue weighted by molar-refractivity contribution is 1.53. The highest BCUT2D eigenvalue weighted by atomic mass is 32.1. The predicted molar refractivity (Wildman–Crippen MR) is 140 cm³/mol. The van der Waals surface area contributed by atoms with Crippen LogP contribution in [-0.2, 0) is 0 Å². The summed E-state index contributed by atoms with van der Waals surface area (Å²) < 4.78 is 2.68. The van der Waals surface area contributed by atoms with E-state index in [2.05, 4.69) is 114 Å². The smallest absolute Gasteiger partial charge is 0.0550 e. The van der Waals surface area contributed by atoms with E-state index < -0.39 is 0 Å². The maximum atomic E-state index is 3.72. The van der Waals surface area contributed by atoms with Gasteiger partial charge >= 0.3 is 0 Å². The molecule has 0 radical (unpaired) electrons. The van der Waals surface area contributed by atoms with Gasteiger partial charge in [-0.05, 0) is 41.0 Å². The van der Waals surface area contributed by atoms with Crippen LogP contribution in [0.15, 0.2) is 109 Å². The molecule has 2 heterocycles. The van der Waals surface area contributed by atoms with Gasteiger partial charge in [0.15, 0.2) is 0 Å². The molecule has 1 N–H and O–H groups in total. The van der Waals surface area contributed by atoms with E-state index in [9.17, 15) is 0 Å². The summed E-state index contributed by atoms with van der Waals surface area (Å²) in [6.07, 6.45) is 0. The van der Waals surface area contributed by atoms with Crippen LogP contribution in [-0.4, -0.2) is 4.98 Å². The van der Waals surface area contributed by atoms with Crippen LogP contribution in [0.3, 0.4) is 0 Å². The molecule has 0 bridgehead atoms. The second-order valence-corrected chi connectivity index (χ2v) is 9.34. The Bertz CT molecular complexity index is 1770. The SMILES string of the molecule is c1ccc(-c2c(-c3ccc4sc5ccccc5c4c3)ccc3c2[nH]c2ccccc23)cc1. The summed E-state index contributed by atoms with van der Waals surface area (Å²) in [5, 5.41) is 5.21. The number of nitrogens with one attached hydrogen (secondary N) is 1. The second-order valence-electron chi connectivity index (χ2n) is 8.26. The Kier molecular flexibility index (Phi) is 3.78. The van der Waals surface area contributed by atoms with Crippen LogP contribution >= 0.6 is 11.3 Å². The van der Waals surface area contributed by atoms with Crippen LogP contribution in [0.4, 0.5) is 0 Å². The molecule has 0 saturated carbocycles. The van der Waals surface area contributed by atoms with Gasteiger partial charge in [0.25, 0.3) is 0 Å². The van der Waals surface area contributed by atoms with Gasteiger partial charge in [0.1, 0.15) is 0 Å². The molecule has 0 aliphatic heterocycles. The van der Waals surface area contributed by atoms with Crippen molar-refractivity contribution in [1.29, 1.82) is 0 Å². The van der Waals surface area contributed by atoms with Gasteiger partial charge in [-0.25, -0.2) is 0 Å². The highest BCUT2D eigenvalue weighted by Gasteiger charge is 2.16. The molecular formula is C30H19NS. The topological polar surface area (TPSA) is 15.8 Å². The molecule has 150 valence electrons. The van der Waals surface area contributed by atoms with Gasteiger partial charge in [-0.3, -0.25) is 0 Å². The van der Waals surface area contributed by atoms with Crippen molar-refractivity contribution >= 4 is 53.3 Å². The van der Waals surface area contributed by atoms with Gasteiger partial charge in [-0.15, -0.1) is 11.3 Å². The molecule has 5 aromatic carbocycles. The number of hydrogen-bond acceptors (Lipinski definition) is 1. The van der Waals surface area contributed by atoms with Crippen molar-refractivity contribution in [2.45, 2.75) is 0 Å². The van der Waals surface area contributed by atoms with E-state index in [1.165, 1.54) is 64.2 Å². The van der Waals surface area contributed by atoms with Crippen molar-refractivity contribution < 1.29 is 0 Å². The third-order valence-electron chi connectivity index (χ3n) is 6.43. The Balaban J connectivity index is 1.58. The lowest BCUT2D eigenvalue weighted by Gasteiger charge is -2.12. The first-order valence-corrected chi connectivity index (χ1v) is 11.7. The first-order valence-electron chi connectivity index (χ1n) is 10.9. The summed E-state index contributed by atoms with van der Waals surface area (Å²) in [7, 11) is 0. The number of thiophene rings is 1. The van der Waals surface area contributed by atoms with Gasteiger partial charge in [0.05, 0.1) is 5.52 Å². The Morgan fingerprint density at radius 2 is 1.25 bits per heavy atom. The fourth-order valence-corrected chi connectivity index (χ4v) is 6.04. The van der Waals surface area contributed by atoms with Crippen LogP contribution in [0, 0.1) is 0 Å². The van der Waals surface area contributed by atoms with E-state index in [1.807, 2.05) is 11.3 Å². The van der Waals surface area contributed by atoms with E-state index in [4.69, 9.17) is 0 Å². The van der Waals surface area contributed by atoms with E-state index in [-0.39, 0.29) is 0 Å². The first-order chi connectivity index (χ1) is 15.9. The summed E-state index contributed by atoms with van der Waals surface area (Å²) in [5.74, 6) is 0. The number of fused-ring (bicyclic) bond motifs is 6. The predicted octanol–water partition coefficient (Wildman–Crippen LogP) is 9.02. The molecule has 0 unspecified atom stereocenters. The zero-order chi connectivity index (χ0) is 21.1. The van der Waals surface area contributed by atoms with Crippen LogP contribution < -0.4 is 0 Å². The lowest BCUT2D eigenvalue weighted by atomic mass is 9.91. The Labute approximate surface area is 189 Å². The molecule has 1 nitrogen and oxygen atoms in total. The lowest BCUT2D eigenvalue weighted by Crippen LogP contribution is -1.87. The Morgan fingerprint density at radius 1 is 0.500 bits per heavy atom. The second kappa shape index (κ2) is 6.81. The van der Waals surface area contributed by atoms with Gasteiger partial charge in [0, 0.05) is 42.0 Å². The highest BCUT2D eigenvalue weighted by molar-refractivity contribution is 7.25. The molecule has 0 amide bonds. The average Bonchev–Trinajstić information content (AvgIpc) is 3.42. The number of aromatic amines is 1. The monoisotopic (exact) mass is 425 g/mol. The third kappa shape index (κ3) is 2.57. The van der Waals surface area contributed by atoms with Crippen molar-refractivity contribution in [3.63, 3.8) is 0 Å². The minimum atomic E-state index is 1.18. The molecule has 2 heteroatoms. The normalized spacial score (nSPS) is 11.8. The van der Waals surface area contributed by atoms with Crippen LogP contribution in [0.5, 0.6) is 0 Å². The van der Waals surface area contributed by atoms with Gasteiger partial charge < -0.3 is 4.98 Å². The fraction of sp³-hybridized carbons (Fsp3) is 0. The van der Waals surface area contributed by atoms with Crippen molar-refractivity contribution in [3.8, 4) is 22.3 Å². The molecule has 0 aliphatic rings. The number of benzene rings is 5.